The number of carbonyl (C=O) groups is 1. The van der Waals surface area contributed by atoms with Crippen molar-refractivity contribution < 1.29 is 17.9 Å². The molecule has 1 amide bonds. The zero-order chi connectivity index (χ0) is 17.0. The van der Waals surface area contributed by atoms with E-state index in [1.807, 2.05) is 24.3 Å². The zero-order valence-electron chi connectivity index (χ0n) is 13.3. The molecule has 0 heterocycles. The van der Waals surface area contributed by atoms with E-state index in [1.165, 1.54) is 12.1 Å². The normalized spacial score (nSPS) is 11.1. The number of nitrogens with zero attached hydrogens (tertiary/aromatic N) is 1. The highest BCUT2D eigenvalue weighted by Gasteiger charge is 2.15. The molecule has 0 saturated heterocycles. The SMILES string of the molecule is COc1ccc(CN(C)C(=O)c2cccc(S(C)(=O)=O)c2)cc1. The van der Waals surface area contributed by atoms with E-state index in [2.05, 4.69) is 0 Å². The molecule has 0 atom stereocenters. The predicted molar refractivity (Wildman–Crippen MR) is 88.3 cm³/mol. The van der Waals surface area contributed by atoms with E-state index in [-0.39, 0.29) is 10.8 Å². The molecule has 0 saturated carbocycles. The molecular formula is C17H19NO4S. The number of carbonyl (C=O) groups excluding carboxylic acids is 1. The highest BCUT2D eigenvalue weighted by Crippen LogP contribution is 2.16. The van der Waals surface area contributed by atoms with Gasteiger partial charge in [-0.3, -0.25) is 4.79 Å². The van der Waals surface area contributed by atoms with Gasteiger partial charge < -0.3 is 9.64 Å². The summed E-state index contributed by atoms with van der Waals surface area (Å²) in [5.41, 5.74) is 1.31. The number of rotatable bonds is 5. The summed E-state index contributed by atoms with van der Waals surface area (Å²) in [5, 5.41) is 0. The largest absolute Gasteiger partial charge is 0.497 e. The molecule has 0 spiro atoms. The second kappa shape index (κ2) is 6.83. The summed E-state index contributed by atoms with van der Waals surface area (Å²) < 4.78 is 28.3. The highest BCUT2D eigenvalue weighted by atomic mass is 32.2. The van der Waals surface area contributed by atoms with Crippen LogP contribution in [-0.4, -0.2) is 39.6 Å². The summed E-state index contributed by atoms with van der Waals surface area (Å²) >= 11 is 0. The van der Waals surface area contributed by atoms with E-state index in [9.17, 15) is 13.2 Å². The van der Waals surface area contributed by atoms with Crippen LogP contribution in [0.1, 0.15) is 15.9 Å². The third-order valence-corrected chi connectivity index (χ3v) is 4.54. The first-order chi connectivity index (χ1) is 10.8. The Kier molecular flexibility index (Phi) is 5.05. The van der Waals surface area contributed by atoms with Gasteiger partial charge in [-0.05, 0) is 35.9 Å². The summed E-state index contributed by atoms with van der Waals surface area (Å²) in [5.74, 6) is 0.523. The molecule has 0 bridgehead atoms. The van der Waals surface area contributed by atoms with Gasteiger partial charge in [0.2, 0.25) is 0 Å². The fourth-order valence-corrected chi connectivity index (χ4v) is 2.82. The van der Waals surface area contributed by atoms with Crippen LogP contribution in [0.25, 0.3) is 0 Å². The number of sulfone groups is 1. The van der Waals surface area contributed by atoms with Gasteiger partial charge in [-0.1, -0.05) is 18.2 Å². The van der Waals surface area contributed by atoms with E-state index < -0.39 is 9.84 Å². The van der Waals surface area contributed by atoms with Gasteiger partial charge in [0.25, 0.3) is 5.91 Å². The Labute approximate surface area is 136 Å². The summed E-state index contributed by atoms with van der Waals surface area (Å²) in [6, 6.07) is 13.5. The van der Waals surface area contributed by atoms with Crippen LogP contribution in [0.3, 0.4) is 0 Å². The van der Waals surface area contributed by atoms with E-state index >= 15 is 0 Å². The lowest BCUT2D eigenvalue weighted by atomic mass is 10.1. The molecule has 5 nitrogen and oxygen atoms in total. The van der Waals surface area contributed by atoms with Gasteiger partial charge in [-0.2, -0.15) is 0 Å². The minimum Gasteiger partial charge on any atom is -0.497 e. The second-order valence-electron chi connectivity index (χ2n) is 5.31. The van der Waals surface area contributed by atoms with Crippen LogP contribution in [0.5, 0.6) is 5.75 Å². The first-order valence-corrected chi connectivity index (χ1v) is 8.89. The van der Waals surface area contributed by atoms with Gasteiger partial charge in [0.15, 0.2) is 9.84 Å². The van der Waals surface area contributed by atoms with Crippen LogP contribution in [0.15, 0.2) is 53.4 Å². The van der Waals surface area contributed by atoms with Crippen LogP contribution in [-0.2, 0) is 16.4 Å². The lowest BCUT2D eigenvalue weighted by Crippen LogP contribution is -2.26. The second-order valence-corrected chi connectivity index (χ2v) is 7.33. The maximum atomic E-state index is 12.5. The first kappa shape index (κ1) is 17.0. The molecule has 23 heavy (non-hydrogen) atoms. The Morgan fingerprint density at radius 3 is 2.35 bits per heavy atom. The molecule has 0 fully saturated rings. The van der Waals surface area contributed by atoms with Gasteiger partial charge in [0, 0.05) is 25.4 Å². The predicted octanol–water partition coefficient (Wildman–Crippen LogP) is 2.37. The molecule has 0 aliphatic carbocycles. The molecule has 0 unspecified atom stereocenters. The van der Waals surface area contributed by atoms with Crippen molar-refractivity contribution >= 4 is 15.7 Å². The molecule has 0 aliphatic rings. The zero-order valence-corrected chi connectivity index (χ0v) is 14.1. The Morgan fingerprint density at radius 1 is 1.13 bits per heavy atom. The van der Waals surface area contributed by atoms with E-state index in [0.29, 0.717) is 12.1 Å². The van der Waals surface area contributed by atoms with Crippen LogP contribution in [0.4, 0.5) is 0 Å². The fraction of sp³-hybridized carbons (Fsp3) is 0.235. The summed E-state index contributed by atoms with van der Waals surface area (Å²) in [7, 11) is -0.0589. The van der Waals surface area contributed by atoms with Crippen LogP contribution >= 0.6 is 0 Å². The Balaban J connectivity index is 2.16. The van der Waals surface area contributed by atoms with E-state index in [4.69, 9.17) is 4.74 Å². The van der Waals surface area contributed by atoms with Crippen molar-refractivity contribution in [2.45, 2.75) is 11.4 Å². The molecule has 0 aliphatic heterocycles. The van der Waals surface area contributed by atoms with Gasteiger partial charge in [-0.15, -0.1) is 0 Å². The van der Waals surface area contributed by atoms with Gasteiger partial charge in [0.05, 0.1) is 12.0 Å². The van der Waals surface area contributed by atoms with Crippen LogP contribution in [0.2, 0.25) is 0 Å². The van der Waals surface area contributed by atoms with Crippen molar-refractivity contribution in [3.05, 3.63) is 59.7 Å². The maximum Gasteiger partial charge on any atom is 0.253 e. The average molecular weight is 333 g/mol. The van der Waals surface area contributed by atoms with E-state index in [1.54, 1.807) is 31.2 Å². The molecule has 2 rings (SSSR count). The molecule has 0 aromatic heterocycles. The molecule has 0 radical (unpaired) electrons. The van der Waals surface area contributed by atoms with Crippen molar-refractivity contribution in [1.82, 2.24) is 4.90 Å². The average Bonchev–Trinajstić information content (AvgIpc) is 2.54. The highest BCUT2D eigenvalue weighted by molar-refractivity contribution is 7.90. The Hall–Kier alpha value is -2.34. The number of hydrogen-bond donors (Lipinski definition) is 0. The molecule has 122 valence electrons. The molecule has 2 aromatic rings. The van der Waals surface area contributed by atoms with Gasteiger partial charge in [-0.25, -0.2) is 8.42 Å². The van der Waals surface area contributed by atoms with E-state index in [0.717, 1.165) is 17.6 Å². The van der Waals surface area contributed by atoms with Crippen molar-refractivity contribution in [2.75, 3.05) is 20.4 Å². The molecule has 6 heteroatoms. The molecule has 0 N–H and O–H groups in total. The van der Waals surface area contributed by atoms with Gasteiger partial charge in [0.1, 0.15) is 5.75 Å². The minimum absolute atomic E-state index is 0.140. The van der Waals surface area contributed by atoms with Gasteiger partial charge >= 0.3 is 0 Å². The number of amides is 1. The monoisotopic (exact) mass is 333 g/mol. The fourth-order valence-electron chi connectivity index (χ4n) is 2.16. The standard InChI is InChI=1S/C17H19NO4S/c1-18(12-13-7-9-15(22-2)10-8-13)17(19)14-5-4-6-16(11-14)23(3,20)21/h4-11H,12H2,1-3H3. The van der Waals surface area contributed by atoms with Crippen molar-refractivity contribution in [1.29, 1.82) is 0 Å². The van der Waals surface area contributed by atoms with Crippen molar-refractivity contribution in [3.8, 4) is 5.75 Å². The Morgan fingerprint density at radius 2 is 1.78 bits per heavy atom. The van der Waals surface area contributed by atoms with Crippen LogP contribution < -0.4 is 4.74 Å². The molecule has 2 aromatic carbocycles. The quantitative estimate of drug-likeness (QED) is 0.843. The maximum absolute atomic E-state index is 12.5. The lowest BCUT2D eigenvalue weighted by Gasteiger charge is -2.18. The topological polar surface area (TPSA) is 63.7 Å². The number of ether oxygens (including phenoxy) is 1. The van der Waals surface area contributed by atoms with Crippen molar-refractivity contribution in [3.63, 3.8) is 0 Å². The summed E-state index contributed by atoms with van der Waals surface area (Å²) in [4.78, 5) is 14.1. The number of methoxy groups -OCH3 is 1. The number of hydrogen-bond acceptors (Lipinski definition) is 4. The summed E-state index contributed by atoms with van der Waals surface area (Å²) in [6.45, 7) is 0.423. The van der Waals surface area contributed by atoms with Crippen LogP contribution in [0, 0.1) is 0 Å². The summed E-state index contributed by atoms with van der Waals surface area (Å²) in [6.07, 6.45) is 1.12. The third-order valence-electron chi connectivity index (χ3n) is 3.43. The van der Waals surface area contributed by atoms with Crippen molar-refractivity contribution in [2.24, 2.45) is 0 Å². The number of benzene rings is 2. The minimum atomic E-state index is -3.34. The Bertz CT molecular complexity index is 798. The molecular weight excluding hydrogens is 314 g/mol. The lowest BCUT2D eigenvalue weighted by molar-refractivity contribution is 0.0785. The first-order valence-electron chi connectivity index (χ1n) is 7.00. The smallest absolute Gasteiger partial charge is 0.253 e. The third kappa shape index (κ3) is 4.32.